The normalized spacial score (nSPS) is 10.9. The van der Waals surface area contributed by atoms with Crippen LogP contribution in [0.1, 0.15) is 18.1 Å². The van der Waals surface area contributed by atoms with Crippen LogP contribution in [0.4, 0.5) is 0 Å². The van der Waals surface area contributed by atoms with Gasteiger partial charge in [-0.15, -0.1) is 12.4 Å². The molecule has 0 heterocycles. The van der Waals surface area contributed by atoms with Gasteiger partial charge in [0.15, 0.2) is 21.3 Å². The SMILES string of the molecule is CCOc1c(Br)cc(CNCCS(=O)(=O)Cc2ccccc2)cc1OC.Cl. The number of halogens is 2. The molecule has 1 N–H and O–H groups in total. The van der Waals surface area contributed by atoms with Crippen molar-refractivity contribution in [1.29, 1.82) is 0 Å². The maximum Gasteiger partial charge on any atom is 0.175 e. The standard InChI is InChI=1S/C19H24BrNO4S.ClH/c1-3-25-19-17(20)11-16(12-18(19)24-2)13-21-9-10-26(22,23)14-15-7-5-4-6-8-15;/h4-8,11-12,21H,3,9-10,13-14H2,1-2H3;1H. The molecule has 2 aromatic rings. The number of ether oxygens (including phenoxy) is 2. The second-order valence-electron chi connectivity index (χ2n) is 5.80. The second-order valence-corrected chi connectivity index (χ2v) is 8.83. The summed E-state index contributed by atoms with van der Waals surface area (Å²) >= 11 is 3.49. The zero-order valence-electron chi connectivity index (χ0n) is 15.4. The Morgan fingerprint density at radius 3 is 2.44 bits per heavy atom. The Labute approximate surface area is 175 Å². The van der Waals surface area contributed by atoms with Gasteiger partial charge in [-0.25, -0.2) is 8.42 Å². The first-order valence-corrected chi connectivity index (χ1v) is 11.0. The van der Waals surface area contributed by atoms with Crippen LogP contribution < -0.4 is 14.8 Å². The van der Waals surface area contributed by atoms with Crippen LogP contribution in [0.15, 0.2) is 46.9 Å². The van der Waals surface area contributed by atoms with E-state index in [4.69, 9.17) is 9.47 Å². The molecule has 0 saturated carbocycles. The number of rotatable bonds is 10. The fraction of sp³-hybridized carbons (Fsp3) is 0.368. The van der Waals surface area contributed by atoms with Crippen LogP contribution in [0, 0.1) is 0 Å². The van der Waals surface area contributed by atoms with Gasteiger partial charge in [-0.3, -0.25) is 0 Å². The Kier molecular flexibility index (Phi) is 10.2. The largest absolute Gasteiger partial charge is 0.493 e. The molecular formula is C19H25BrClNO4S. The van der Waals surface area contributed by atoms with Gasteiger partial charge in [0.2, 0.25) is 0 Å². The Morgan fingerprint density at radius 2 is 1.81 bits per heavy atom. The van der Waals surface area contributed by atoms with E-state index in [0.29, 0.717) is 31.2 Å². The van der Waals surface area contributed by atoms with Gasteiger partial charge < -0.3 is 14.8 Å². The fourth-order valence-corrected chi connectivity index (χ4v) is 4.42. The molecular weight excluding hydrogens is 454 g/mol. The van der Waals surface area contributed by atoms with Crippen molar-refractivity contribution in [2.45, 2.75) is 19.2 Å². The van der Waals surface area contributed by atoms with E-state index < -0.39 is 9.84 Å². The number of nitrogens with one attached hydrogen (secondary N) is 1. The van der Waals surface area contributed by atoms with E-state index in [1.165, 1.54) is 0 Å². The van der Waals surface area contributed by atoms with Crippen molar-refractivity contribution in [1.82, 2.24) is 5.32 Å². The second kappa shape index (κ2) is 11.5. The molecule has 0 unspecified atom stereocenters. The molecule has 0 aromatic heterocycles. The first-order chi connectivity index (χ1) is 12.4. The van der Waals surface area contributed by atoms with Crippen LogP contribution in [-0.2, 0) is 22.1 Å². The van der Waals surface area contributed by atoms with Crippen molar-refractivity contribution in [2.75, 3.05) is 26.0 Å². The number of hydrogen-bond acceptors (Lipinski definition) is 5. The molecule has 0 aliphatic rings. The molecule has 2 rings (SSSR count). The van der Waals surface area contributed by atoms with E-state index >= 15 is 0 Å². The van der Waals surface area contributed by atoms with Crippen LogP contribution >= 0.6 is 28.3 Å². The molecule has 0 amide bonds. The van der Waals surface area contributed by atoms with Gasteiger partial charge in [0.25, 0.3) is 0 Å². The van der Waals surface area contributed by atoms with Crippen molar-refractivity contribution < 1.29 is 17.9 Å². The number of benzene rings is 2. The quantitative estimate of drug-likeness (QED) is 0.523. The highest BCUT2D eigenvalue weighted by Gasteiger charge is 2.13. The van der Waals surface area contributed by atoms with Crippen molar-refractivity contribution >= 4 is 38.2 Å². The Bertz CT molecular complexity index is 816. The van der Waals surface area contributed by atoms with Crippen LogP contribution in [0.2, 0.25) is 0 Å². The van der Waals surface area contributed by atoms with Crippen molar-refractivity contribution in [3.8, 4) is 11.5 Å². The lowest BCUT2D eigenvalue weighted by Gasteiger charge is -2.14. The minimum Gasteiger partial charge on any atom is -0.493 e. The summed E-state index contributed by atoms with van der Waals surface area (Å²) in [5, 5.41) is 3.18. The van der Waals surface area contributed by atoms with E-state index in [1.54, 1.807) is 7.11 Å². The minimum absolute atomic E-state index is 0. The molecule has 27 heavy (non-hydrogen) atoms. The third kappa shape index (κ3) is 7.70. The van der Waals surface area contributed by atoms with Crippen molar-refractivity contribution in [3.05, 3.63) is 58.1 Å². The highest BCUT2D eigenvalue weighted by Crippen LogP contribution is 2.36. The maximum absolute atomic E-state index is 12.2. The van der Waals surface area contributed by atoms with Gasteiger partial charge in [0.05, 0.1) is 29.7 Å². The maximum atomic E-state index is 12.2. The minimum atomic E-state index is -3.14. The molecule has 0 saturated heterocycles. The van der Waals surface area contributed by atoms with Crippen LogP contribution in [0.25, 0.3) is 0 Å². The molecule has 150 valence electrons. The van der Waals surface area contributed by atoms with E-state index in [2.05, 4.69) is 21.2 Å². The summed E-state index contributed by atoms with van der Waals surface area (Å²) in [6, 6.07) is 13.1. The molecule has 0 bridgehead atoms. The van der Waals surface area contributed by atoms with E-state index in [-0.39, 0.29) is 23.9 Å². The van der Waals surface area contributed by atoms with Crippen molar-refractivity contribution in [2.24, 2.45) is 0 Å². The molecule has 0 aliphatic heterocycles. The Balaban J connectivity index is 0.00000364. The summed E-state index contributed by atoms with van der Waals surface area (Å²) < 4.78 is 36.1. The third-order valence-corrected chi connectivity index (χ3v) is 5.91. The van der Waals surface area contributed by atoms with E-state index in [9.17, 15) is 8.42 Å². The molecule has 0 radical (unpaired) electrons. The van der Waals surface area contributed by atoms with Gasteiger partial charge in [-0.05, 0) is 46.1 Å². The molecule has 5 nitrogen and oxygen atoms in total. The summed E-state index contributed by atoms with van der Waals surface area (Å²) in [7, 11) is -1.55. The van der Waals surface area contributed by atoms with E-state index in [0.717, 1.165) is 15.6 Å². The first-order valence-electron chi connectivity index (χ1n) is 8.39. The number of methoxy groups -OCH3 is 1. The first kappa shape index (κ1) is 23.8. The average Bonchev–Trinajstić information content (AvgIpc) is 2.61. The number of hydrogen-bond donors (Lipinski definition) is 1. The average molecular weight is 479 g/mol. The number of sulfone groups is 1. The highest BCUT2D eigenvalue weighted by atomic mass is 79.9. The van der Waals surface area contributed by atoms with Crippen molar-refractivity contribution in [3.63, 3.8) is 0 Å². The molecule has 0 atom stereocenters. The third-order valence-electron chi connectivity index (χ3n) is 3.73. The summed E-state index contributed by atoms with van der Waals surface area (Å²) in [5.74, 6) is 1.48. The summed E-state index contributed by atoms with van der Waals surface area (Å²) in [5.41, 5.74) is 1.80. The van der Waals surface area contributed by atoms with E-state index in [1.807, 2.05) is 49.4 Å². The van der Waals surface area contributed by atoms with Gasteiger partial charge in [-0.1, -0.05) is 30.3 Å². The fourth-order valence-electron chi connectivity index (χ4n) is 2.52. The van der Waals surface area contributed by atoms with Gasteiger partial charge in [0.1, 0.15) is 0 Å². The molecule has 0 spiro atoms. The predicted molar refractivity (Wildman–Crippen MR) is 115 cm³/mol. The van der Waals surface area contributed by atoms with Gasteiger partial charge in [0, 0.05) is 13.1 Å². The molecule has 2 aromatic carbocycles. The van der Waals surface area contributed by atoms with Crippen LogP contribution in [0.3, 0.4) is 0 Å². The highest BCUT2D eigenvalue weighted by molar-refractivity contribution is 9.10. The summed E-state index contributed by atoms with van der Waals surface area (Å²) in [4.78, 5) is 0. The zero-order chi connectivity index (χ0) is 19.0. The zero-order valence-corrected chi connectivity index (χ0v) is 18.6. The Hall–Kier alpha value is -1.28. The monoisotopic (exact) mass is 477 g/mol. The Morgan fingerprint density at radius 1 is 1.11 bits per heavy atom. The summed E-state index contributed by atoms with van der Waals surface area (Å²) in [6.45, 7) is 3.40. The smallest absolute Gasteiger partial charge is 0.175 e. The van der Waals surface area contributed by atoms with Crippen LogP contribution in [0.5, 0.6) is 11.5 Å². The van der Waals surface area contributed by atoms with Gasteiger partial charge >= 0.3 is 0 Å². The lowest BCUT2D eigenvalue weighted by Crippen LogP contribution is -2.23. The predicted octanol–water partition coefficient (Wildman–Crippen LogP) is 3.98. The lowest BCUT2D eigenvalue weighted by atomic mass is 10.2. The van der Waals surface area contributed by atoms with Gasteiger partial charge in [-0.2, -0.15) is 0 Å². The lowest BCUT2D eigenvalue weighted by molar-refractivity contribution is 0.308. The van der Waals surface area contributed by atoms with Crippen LogP contribution in [-0.4, -0.2) is 34.4 Å². The topological polar surface area (TPSA) is 64.6 Å². The summed E-state index contributed by atoms with van der Waals surface area (Å²) in [6.07, 6.45) is 0. The molecule has 0 aliphatic carbocycles. The molecule has 0 fully saturated rings. The molecule has 8 heteroatoms.